The van der Waals surface area contributed by atoms with E-state index in [-0.39, 0.29) is 156 Å². The van der Waals surface area contributed by atoms with Gasteiger partial charge in [0, 0.05) is 26.2 Å². The first-order valence-electron chi connectivity index (χ1n) is 43.4. The van der Waals surface area contributed by atoms with E-state index in [1.807, 2.05) is 76.2 Å². The topological polar surface area (TPSA) is 618 Å². The molecule has 4 aromatic rings. The van der Waals surface area contributed by atoms with E-state index in [2.05, 4.69) is 54.2 Å². The van der Waals surface area contributed by atoms with Gasteiger partial charge in [0.1, 0.15) is 68.3 Å². The minimum Gasteiger partial charge on any atom is -0.509 e. The number of anilines is 4. The highest BCUT2D eigenvalue weighted by Gasteiger charge is 2.55. The first-order chi connectivity index (χ1) is 62.3. The van der Waals surface area contributed by atoms with Crippen LogP contribution in [0.2, 0.25) is 0 Å². The number of nitrogens with zero attached hydrogens (tertiary/aromatic N) is 8. The second-order valence-corrected chi connectivity index (χ2v) is 46.0. The van der Waals surface area contributed by atoms with Gasteiger partial charge < -0.3 is 123 Å². The molecule has 47 heteroatoms. The molecule has 13 rings (SSSR count). The van der Waals surface area contributed by atoms with Gasteiger partial charge in [0.05, 0.1) is 74.1 Å². The summed E-state index contributed by atoms with van der Waals surface area (Å²) < 4.78 is 128. The van der Waals surface area contributed by atoms with E-state index >= 15 is 0 Å². The fourth-order valence-electron chi connectivity index (χ4n) is 16.2. The number of hydrogen-bond acceptors (Lipinski definition) is 24. The van der Waals surface area contributed by atoms with Crippen molar-refractivity contribution in [1.29, 1.82) is 0 Å². The third kappa shape index (κ3) is 24.3. The largest absolute Gasteiger partial charge is 0.509 e. The number of halogens is 3. The van der Waals surface area contributed by atoms with Crippen molar-refractivity contribution in [3.63, 3.8) is 0 Å². The fraction of sp³-hybridized carbons (Fsp3) is 0.500. The maximum Gasteiger partial charge on any atom is 0.391 e. The average Bonchev–Trinajstić information content (AvgIpc) is 1.65. The lowest BCUT2D eigenvalue weighted by Crippen LogP contribution is -2.45. The highest BCUT2D eigenvalue weighted by atomic mass is 31.2. The number of alkyl halides is 3. The summed E-state index contributed by atoms with van der Waals surface area (Å²) in [6.45, 7) is 31.3. The van der Waals surface area contributed by atoms with Crippen LogP contribution in [0.25, 0.3) is 0 Å². The Bertz CT molecular complexity index is 5900. The number of amidine groups is 4. The third-order valence-electron chi connectivity index (χ3n) is 23.1. The Balaban J connectivity index is 0.000000186. The standard InChI is InChI=1S/C23H33N4O6P.C22H28F3N4O6P.C22H31N4O6P.C21H27N4O6P/c1-6-13(2)9-10-27-20(23(3,4)5)19(29)18(22(27)30)21-25-15-8-7-14(33-12-17(24)28)11-16(15)34(31,32)26-21;1-11(22(23,24)25)7-8-29-18(21(2,3)4)17(31)16(20(29)32)19-27-13-6-5-12(35-10-15(26)30)9-14(13)36(33,34)28-19;1-12(2)8-9-26-19(22(3,4)5)18(28)17(21(26)29)20-24-14-7-6-13(32-11-16(23)27)10-15(14)33(30,31)25-20;1-21(2,3)18-17(27)16(20(28)25(18)9-11-4-5-11)19-23-13-7-6-12(31-10-15(22)26)8-14(13)32(29,30)24-19/h7-8,11,13,20,29H,6,9-10,12H2,1-5H3,(H2,24,28)(H2,25,26,31,32);5-6,9,11,18,31H,7-8,10H2,1-4H3,(H2,26,30)(H2,27,28,33,34);6-7,10,12,19,28H,8-9,11H2,1-5H3,(H2,23,27)(H2,24,25,30,31);6-8,11,18,27H,4-5,9-10H2,1-3H3,(H2,22,26)(H2,23,24,29,30). The van der Waals surface area contributed by atoms with E-state index in [0.29, 0.717) is 37.4 Å². The van der Waals surface area contributed by atoms with Crippen LogP contribution in [-0.2, 0) is 56.6 Å². The number of ether oxygens (including phenoxy) is 4. The summed E-state index contributed by atoms with van der Waals surface area (Å²) in [5.74, 6) is -6.55. The molecule has 10 unspecified atom stereocenters. The Morgan fingerprint density at radius 3 is 0.874 bits per heavy atom. The van der Waals surface area contributed by atoms with Crippen molar-refractivity contribution in [3.05, 3.63) is 118 Å². The Hall–Kier alpha value is -11.6. The zero-order chi connectivity index (χ0) is 101. The number of benzene rings is 4. The number of nitrogens with one attached hydrogen (secondary N) is 4. The second kappa shape index (κ2) is 40.0. The summed E-state index contributed by atoms with van der Waals surface area (Å²) in [7, 11) is -17.4. The van der Waals surface area contributed by atoms with Gasteiger partial charge in [-0.05, 0) is 144 Å². The number of hydrogen-bond donors (Lipinski definition) is 16. The Kier molecular flexibility index (Phi) is 31.3. The van der Waals surface area contributed by atoms with Crippen LogP contribution in [0.3, 0.4) is 0 Å². The van der Waals surface area contributed by atoms with Gasteiger partial charge in [0.15, 0.2) is 49.8 Å². The molecule has 20 N–H and O–H groups in total. The normalized spacial score (nSPS) is 23.7. The second-order valence-electron chi connectivity index (χ2n) is 38.9. The third-order valence-corrected chi connectivity index (χ3v) is 28.9. The van der Waals surface area contributed by atoms with Gasteiger partial charge in [-0.3, -0.25) is 56.6 Å². The van der Waals surface area contributed by atoms with E-state index in [4.69, 9.17) is 41.9 Å². The SMILES string of the molecule is CC(C)(C)C1C(O)=C(C2=NP(=O)(O)c3cc(OCC(N)=O)ccc3N2)C(=O)N1CC1CC1.CC(C)CCN1C(=O)C(C2=NP(=O)(O)c3cc(OCC(N)=O)ccc3N2)=C(O)C1C(C)(C)C.CC(CCN1C(=O)C(C2=NP(=O)(O)c3cc(OCC(N)=O)ccc3N2)=C(O)C1C(C)(C)C)C(F)(F)F.CCC(C)CCN1C(=O)C(C2=NP(=O)(O)c3cc(OCC(N)=O)ccc3N2)=C(O)C1C(C)(C)C. The molecule has 10 atom stereocenters. The number of aliphatic hydroxyl groups excluding tert-OH is 4. The minimum atomic E-state index is -4.48. The summed E-state index contributed by atoms with van der Waals surface area (Å²) in [6.07, 6.45) is -0.278. The maximum absolute atomic E-state index is 13.5. The molecule has 0 radical (unpaired) electrons. The number of aliphatic hydroxyl groups is 4. The number of nitrogens with two attached hydrogens (primary N) is 4. The molecular weight excluding hydrogens is 1850 g/mol. The number of fused-ring (bicyclic) bond motifs is 4. The highest BCUT2D eigenvalue weighted by molar-refractivity contribution is 7.66. The van der Waals surface area contributed by atoms with Crippen LogP contribution >= 0.6 is 30.1 Å². The van der Waals surface area contributed by atoms with Gasteiger partial charge in [-0.25, -0.2) is 0 Å². The molecule has 9 aliphatic rings. The summed E-state index contributed by atoms with van der Waals surface area (Å²) in [6, 6.07) is 14.1. The predicted octanol–water partition coefficient (Wildman–Crippen LogP) is 9.50. The molecular formula is C88H119F3N16O24P4. The highest BCUT2D eigenvalue weighted by Crippen LogP contribution is 2.55. The summed E-state index contributed by atoms with van der Waals surface area (Å²) >= 11 is 0. The molecule has 8 aliphatic heterocycles. The van der Waals surface area contributed by atoms with Crippen LogP contribution in [-0.4, -0.2) is 213 Å². The number of primary amides is 4. The van der Waals surface area contributed by atoms with Crippen molar-refractivity contribution >= 4 is 145 Å². The lowest BCUT2D eigenvalue weighted by Gasteiger charge is -2.35. The Morgan fingerprint density at radius 1 is 0.415 bits per heavy atom. The molecule has 0 spiro atoms. The Labute approximate surface area is 778 Å². The zero-order valence-electron chi connectivity index (χ0n) is 77.9. The summed E-state index contributed by atoms with van der Waals surface area (Å²) in [5.41, 5.74) is 18.3. The molecule has 4 aromatic carbocycles. The molecule has 1 aliphatic carbocycles. The Morgan fingerprint density at radius 2 is 0.652 bits per heavy atom. The van der Waals surface area contributed by atoms with E-state index in [1.165, 1.54) is 72.8 Å². The van der Waals surface area contributed by atoms with Gasteiger partial charge in [0.25, 0.3) is 47.3 Å². The smallest absolute Gasteiger partial charge is 0.391 e. The van der Waals surface area contributed by atoms with Gasteiger partial charge >= 0.3 is 36.3 Å². The first kappa shape index (κ1) is 105. The molecule has 1 saturated carbocycles. The van der Waals surface area contributed by atoms with E-state index in [1.54, 1.807) is 35.5 Å². The fourth-order valence-corrected chi connectivity index (χ4v) is 21.2. The molecule has 0 saturated heterocycles. The summed E-state index contributed by atoms with van der Waals surface area (Å²) in [5, 5.41) is 55.5. The van der Waals surface area contributed by atoms with Crippen molar-refractivity contribution in [2.24, 2.45) is 87.3 Å². The van der Waals surface area contributed by atoms with Gasteiger partial charge in [0.2, 0.25) is 0 Å². The molecule has 0 aromatic heterocycles. The van der Waals surface area contributed by atoms with Crippen LogP contribution in [0.4, 0.5) is 35.9 Å². The maximum atomic E-state index is 13.5. The first-order valence-corrected chi connectivity index (χ1v) is 49.8. The molecule has 736 valence electrons. The van der Waals surface area contributed by atoms with E-state index in [0.717, 1.165) is 43.9 Å². The monoisotopic (exact) mass is 1960 g/mol. The van der Waals surface area contributed by atoms with Crippen molar-refractivity contribution in [2.45, 2.75) is 187 Å². The van der Waals surface area contributed by atoms with Crippen molar-refractivity contribution < 1.29 is 129 Å². The number of rotatable bonds is 28. The van der Waals surface area contributed by atoms with E-state index in [9.17, 15) is 110 Å². The van der Waals surface area contributed by atoms with Crippen LogP contribution in [0.5, 0.6) is 23.0 Å². The lowest BCUT2D eigenvalue weighted by atomic mass is 9.85. The number of carbonyl (C=O) groups excluding carboxylic acids is 8. The van der Waals surface area contributed by atoms with Crippen LogP contribution in [0.1, 0.15) is 156 Å². The van der Waals surface area contributed by atoms with Crippen LogP contribution < -0.4 is 84.4 Å². The van der Waals surface area contributed by atoms with E-state index < -0.39 is 154 Å². The minimum absolute atomic E-state index is 0.0315. The van der Waals surface area contributed by atoms with Crippen molar-refractivity contribution in [2.75, 3.05) is 73.9 Å². The zero-order valence-corrected chi connectivity index (χ0v) is 81.4. The number of amides is 8. The van der Waals surface area contributed by atoms with Gasteiger partial charge in [-0.15, -0.1) is 0 Å². The number of carbonyl (C=O) groups is 8. The van der Waals surface area contributed by atoms with Crippen LogP contribution in [0, 0.1) is 45.3 Å². The van der Waals surface area contributed by atoms with Gasteiger partial charge in [-0.1, -0.05) is 124 Å². The molecule has 135 heavy (non-hydrogen) atoms. The average molecular weight is 1970 g/mol. The molecule has 0 bridgehead atoms. The quantitative estimate of drug-likeness (QED) is 0.0235. The molecule has 8 heterocycles. The molecule has 8 amide bonds. The van der Waals surface area contributed by atoms with Crippen molar-refractivity contribution in [3.8, 4) is 23.0 Å². The van der Waals surface area contributed by atoms with Crippen molar-refractivity contribution in [1.82, 2.24) is 19.6 Å². The summed E-state index contributed by atoms with van der Waals surface area (Å²) in [4.78, 5) is 146. The lowest BCUT2D eigenvalue weighted by molar-refractivity contribution is -0.173. The molecule has 1 fully saturated rings. The predicted molar refractivity (Wildman–Crippen MR) is 501 cm³/mol. The molecule has 40 nitrogen and oxygen atoms in total. The van der Waals surface area contributed by atoms with Crippen LogP contribution in [0.15, 0.2) is 137 Å². The van der Waals surface area contributed by atoms with Gasteiger partial charge in [-0.2, -0.15) is 32.2 Å².